The van der Waals surface area contributed by atoms with Crippen molar-refractivity contribution in [3.8, 4) is 5.75 Å². The van der Waals surface area contributed by atoms with Crippen LogP contribution in [0.2, 0.25) is 0 Å². The highest BCUT2D eigenvalue weighted by Crippen LogP contribution is 2.35. The lowest BCUT2D eigenvalue weighted by Crippen LogP contribution is -2.29. The van der Waals surface area contributed by atoms with Crippen LogP contribution in [0.3, 0.4) is 0 Å². The van der Waals surface area contributed by atoms with Gasteiger partial charge in [-0.3, -0.25) is 14.5 Å². The number of hydrogen-bond donors (Lipinski definition) is 0. The summed E-state index contributed by atoms with van der Waals surface area (Å²) < 4.78 is 22.5. The summed E-state index contributed by atoms with van der Waals surface area (Å²) in [5.74, 6) is -0.450. The van der Waals surface area contributed by atoms with Crippen LogP contribution in [-0.2, 0) is 17.8 Å². The number of amides is 2. The third-order valence-electron chi connectivity index (χ3n) is 6.15. The fourth-order valence-electron chi connectivity index (χ4n) is 4.33. The molecule has 8 heteroatoms. The van der Waals surface area contributed by atoms with E-state index < -0.39 is 5.82 Å². The van der Waals surface area contributed by atoms with Crippen molar-refractivity contribution >= 4 is 55.8 Å². The van der Waals surface area contributed by atoms with Gasteiger partial charge in [0.1, 0.15) is 6.61 Å². The highest BCUT2D eigenvalue weighted by atomic mass is 79.9. The Morgan fingerprint density at radius 2 is 1.76 bits per heavy atom. The van der Waals surface area contributed by atoms with Gasteiger partial charge in [0.25, 0.3) is 11.1 Å². The van der Waals surface area contributed by atoms with Crippen LogP contribution >= 0.6 is 27.7 Å². The lowest BCUT2D eigenvalue weighted by molar-refractivity contribution is -0.122. The van der Waals surface area contributed by atoms with Crippen molar-refractivity contribution in [2.75, 3.05) is 13.2 Å². The van der Waals surface area contributed by atoms with Crippen LogP contribution in [-0.4, -0.2) is 33.8 Å². The van der Waals surface area contributed by atoms with Crippen LogP contribution in [0.1, 0.15) is 17.5 Å². The second-order valence-corrected chi connectivity index (χ2v) is 10.5. The zero-order valence-corrected chi connectivity index (χ0v) is 22.3. The Kier molecular flexibility index (Phi) is 7.76. The van der Waals surface area contributed by atoms with Crippen molar-refractivity contribution in [2.45, 2.75) is 19.4 Å². The Labute approximate surface area is 227 Å². The van der Waals surface area contributed by atoms with Crippen LogP contribution in [0.4, 0.5) is 9.18 Å². The largest absolute Gasteiger partial charge is 0.489 e. The number of hydrogen-bond acceptors (Lipinski definition) is 4. The first-order valence-corrected chi connectivity index (χ1v) is 13.6. The molecule has 5 rings (SSSR count). The maximum atomic E-state index is 13.9. The molecule has 1 saturated heterocycles. The van der Waals surface area contributed by atoms with E-state index in [0.29, 0.717) is 24.4 Å². The fraction of sp³-hybridized carbons (Fsp3) is 0.172. The minimum absolute atomic E-state index is 0.211. The van der Waals surface area contributed by atoms with Crippen molar-refractivity contribution < 1.29 is 18.7 Å². The number of rotatable bonds is 9. The third-order valence-corrected chi connectivity index (χ3v) is 7.55. The first-order chi connectivity index (χ1) is 18.0. The molecule has 1 aliphatic heterocycles. The summed E-state index contributed by atoms with van der Waals surface area (Å²) >= 11 is 4.50. The number of halogens is 2. The second kappa shape index (κ2) is 11.4. The molecule has 0 atom stereocenters. The van der Waals surface area contributed by atoms with E-state index in [9.17, 15) is 14.0 Å². The molecule has 0 N–H and O–H groups in total. The molecular weight excluding hydrogens is 555 g/mol. The average Bonchev–Trinajstić information content (AvgIpc) is 3.37. The van der Waals surface area contributed by atoms with Crippen molar-refractivity contribution in [1.82, 2.24) is 9.47 Å². The predicted octanol–water partition coefficient (Wildman–Crippen LogP) is 7.29. The van der Waals surface area contributed by atoms with Gasteiger partial charge in [0, 0.05) is 33.7 Å². The number of carbonyl (C=O) groups excluding carboxylic acids is 2. The van der Waals surface area contributed by atoms with E-state index in [1.165, 1.54) is 16.5 Å². The van der Waals surface area contributed by atoms with Gasteiger partial charge in [-0.1, -0.05) is 58.4 Å². The Morgan fingerprint density at radius 1 is 0.973 bits per heavy atom. The van der Waals surface area contributed by atoms with Gasteiger partial charge in [-0.2, -0.15) is 0 Å². The molecule has 188 valence electrons. The summed E-state index contributed by atoms with van der Waals surface area (Å²) in [6, 6.07) is 22.3. The smallest absolute Gasteiger partial charge is 0.293 e. The number of fused-ring (bicyclic) bond motifs is 1. The van der Waals surface area contributed by atoms with Crippen LogP contribution < -0.4 is 4.74 Å². The van der Waals surface area contributed by atoms with Crippen LogP contribution in [0.25, 0.3) is 17.0 Å². The number of para-hydroxylation sites is 1. The molecule has 1 aliphatic rings. The molecule has 0 unspecified atom stereocenters. The molecule has 4 aromatic rings. The molecule has 0 spiro atoms. The number of nitrogens with zero attached hydrogens (tertiary/aromatic N) is 2. The summed E-state index contributed by atoms with van der Waals surface area (Å²) in [4.78, 5) is 27.4. The Morgan fingerprint density at radius 3 is 2.57 bits per heavy atom. The number of ether oxygens (including phenoxy) is 1. The molecule has 1 aromatic heterocycles. The van der Waals surface area contributed by atoms with E-state index in [1.54, 1.807) is 24.3 Å². The fourth-order valence-corrected chi connectivity index (χ4v) is 5.55. The Balaban J connectivity index is 1.32. The summed E-state index contributed by atoms with van der Waals surface area (Å²) in [7, 11) is 0. The number of aryl methyl sites for hydroxylation is 1. The van der Waals surface area contributed by atoms with Crippen molar-refractivity contribution in [3.63, 3.8) is 0 Å². The van der Waals surface area contributed by atoms with E-state index in [1.807, 2.05) is 59.3 Å². The van der Waals surface area contributed by atoms with Gasteiger partial charge in [-0.05, 0) is 66.6 Å². The number of imide groups is 1. The number of carbonyl (C=O) groups is 2. The maximum Gasteiger partial charge on any atom is 0.293 e. The minimum Gasteiger partial charge on any atom is -0.489 e. The van der Waals surface area contributed by atoms with Gasteiger partial charge in [0.05, 0.1) is 11.4 Å². The van der Waals surface area contributed by atoms with Gasteiger partial charge >= 0.3 is 0 Å². The number of aromatic nitrogens is 1. The Bertz CT molecular complexity index is 1490. The normalized spacial score (nSPS) is 14.8. The lowest BCUT2D eigenvalue weighted by atomic mass is 10.1. The zero-order chi connectivity index (χ0) is 25.8. The topological polar surface area (TPSA) is 51.5 Å². The molecule has 3 aromatic carbocycles. The molecular formula is C29H24BrFN2O3S. The van der Waals surface area contributed by atoms with Gasteiger partial charge in [-0.15, -0.1) is 0 Å². The van der Waals surface area contributed by atoms with Gasteiger partial charge < -0.3 is 9.30 Å². The second-order valence-electron chi connectivity index (χ2n) is 8.64. The molecule has 1 fully saturated rings. The highest BCUT2D eigenvalue weighted by Gasteiger charge is 2.34. The molecule has 0 saturated carbocycles. The zero-order valence-electron chi connectivity index (χ0n) is 19.9. The average molecular weight is 579 g/mol. The molecule has 0 aliphatic carbocycles. The monoisotopic (exact) mass is 578 g/mol. The summed E-state index contributed by atoms with van der Waals surface area (Å²) in [6.07, 6.45) is 5.23. The molecule has 37 heavy (non-hydrogen) atoms. The van der Waals surface area contributed by atoms with E-state index in [0.717, 1.165) is 39.1 Å². The quantitative estimate of drug-likeness (QED) is 0.196. The van der Waals surface area contributed by atoms with Crippen molar-refractivity contribution in [2.24, 2.45) is 0 Å². The molecule has 0 bridgehead atoms. The first kappa shape index (κ1) is 25.3. The maximum absolute atomic E-state index is 13.9. The molecule has 5 nitrogen and oxygen atoms in total. The van der Waals surface area contributed by atoms with Crippen LogP contribution in [0.5, 0.6) is 5.75 Å². The predicted molar refractivity (Wildman–Crippen MR) is 149 cm³/mol. The summed E-state index contributed by atoms with van der Waals surface area (Å²) in [5, 5.41) is 0.698. The van der Waals surface area contributed by atoms with Gasteiger partial charge in [0.15, 0.2) is 11.6 Å². The standard InChI is InChI=1S/C29H24BrFN2O3S/c30-22-12-13-25-23(18-22)21(19-32(25)15-16-36-26-11-5-4-10-24(26)31)17-27-28(34)33(29(35)37-27)14-6-9-20-7-2-1-3-8-20/h1-5,7-8,10-13,17-19H,6,9,14-16H2/b27-17-. The third kappa shape index (κ3) is 5.81. The van der Waals surface area contributed by atoms with E-state index in [-0.39, 0.29) is 23.5 Å². The lowest BCUT2D eigenvalue weighted by Gasteiger charge is -2.12. The first-order valence-electron chi connectivity index (χ1n) is 11.9. The van der Waals surface area contributed by atoms with E-state index in [2.05, 4.69) is 15.9 Å². The number of benzene rings is 3. The van der Waals surface area contributed by atoms with Crippen LogP contribution in [0.15, 0.2) is 88.4 Å². The SMILES string of the molecule is O=C1S/C(=C\c2cn(CCOc3ccccc3F)c3ccc(Br)cc23)C(=O)N1CCCc1ccccc1. The van der Waals surface area contributed by atoms with Crippen molar-refractivity contribution in [1.29, 1.82) is 0 Å². The molecule has 2 heterocycles. The molecule has 0 radical (unpaired) electrons. The summed E-state index contributed by atoms with van der Waals surface area (Å²) in [6.45, 7) is 1.15. The van der Waals surface area contributed by atoms with Crippen molar-refractivity contribution in [3.05, 3.63) is 105 Å². The minimum atomic E-state index is -0.399. The van der Waals surface area contributed by atoms with E-state index in [4.69, 9.17) is 4.74 Å². The van der Waals surface area contributed by atoms with Gasteiger partial charge in [0.2, 0.25) is 0 Å². The van der Waals surface area contributed by atoms with E-state index >= 15 is 0 Å². The Hall–Kier alpha value is -3.36. The summed E-state index contributed by atoms with van der Waals surface area (Å²) in [5.41, 5.74) is 2.97. The highest BCUT2D eigenvalue weighted by molar-refractivity contribution is 9.10. The number of thioether (sulfide) groups is 1. The van der Waals surface area contributed by atoms with Gasteiger partial charge in [-0.25, -0.2) is 4.39 Å². The van der Waals surface area contributed by atoms with Crippen LogP contribution in [0, 0.1) is 5.82 Å². The molecule has 2 amide bonds.